The zero-order chi connectivity index (χ0) is 23.8. The molecule has 2 fully saturated rings. The molecule has 0 atom stereocenters. The van der Waals surface area contributed by atoms with Crippen molar-refractivity contribution in [2.75, 3.05) is 31.1 Å². The zero-order valence-corrected chi connectivity index (χ0v) is 21.1. The lowest BCUT2D eigenvalue weighted by Crippen LogP contribution is -2.51. The van der Waals surface area contributed by atoms with Gasteiger partial charge in [-0.2, -0.15) is 0 Å². The average molecular weight is 507 g/mol. The Bertz CT molecular complexity index is 1320. The van der Waals surface area contributed by atoms with Crippen molar-refractivity contribution in [1.82, 2.24) is 24.4 Å². The van der Waals surface area contributed by atoms with Gasteiger partial charge in [-0.05, 0) is 49.2 Å². The molecule has 3 heterocycles. The van der Waals surface area contributed by atoms with E-state index in [1.165, 1.54) is 32.1 Å². The van der Waals surface area contributed by atoms with Gasteiger partial charge in [0.1, 0.15) is 12.2 Å². The van der Waals surface area contributed by atoms with Gasteiger partial charge in [0.2, 0.25) is 0 Å². The highest BCUT2D eigenvalue weighted by Gasteiger charge is 2.28. The summed E-state index contributed by atoms with van der Waals surface area (Å²) in [5.41, 5.74) is 3.35. The maximum atomic E-state index is 6.62. The summed E-state index contributed by atoms with van der Waals surface area (Å²) in [5, 5.41) is 1.33. The van der Waals surface area contributed by atoms with Crippen LogP contribution in [0.2, 0.25) is 10.0 Å². The molecule has 8 heteroatoms. The minimum absolute atomic E-state index is 0.647. The van der Waals surface area contributed by atoms with E-state index in [1.807, 2.05) is 48.5 Å². The summed E-state index contributed by atoms with van der Waals surface area (Å²) in [6, 6.07) is 16.3. The van der Waals surface area contributed by atoms with E-state index in [1.54, 1.807) is 6.33 Å². The molecule has 2 aromatic heterocycles. The lowest BCUT2D eigenvalue weighted by atomic mass is 9.94. The van der Waals surface area contributed by atoms with Gasteiger partial charge in [0.05, 0.1) is 5.02 Å². The fraction of sp³-hybridized carbons (Fsp3) is 0.370. The summed E-state index contributed by atoms with van der Waals surface area (Å²) >= 11 is 12.8. The number of hydrogen-bond acceptors (Lipinski definition) is 5. The van der Waals surface area contributed by atoms with Crippen molar-refractivity contribution in [2.24, 2.45) is 0 Å². The normalized spacial score (nSPS) is 17.8. The number of halogens is 2. The molecule has 6 rings (SSSR count). The van der Waals surface area contributed by atoms with E-state index >= 15 is 0 Å². The van der Waals surface area contributed by atoms with Crippen LogP contribution in [-0.2, 0) is 0 Å². The Balaban J connectivity index is 1.40. The van der Waals surface area contributed by atoms with E-state index in [0.717, 1.165) is 66.3 Å². The van der Waals surface area contributed by atoms with E-state index in [0.29, 0.717) is 10.0 Å². The second kappa shape index (κ2) is 9.76. The van der Waals surface area contributed by atoms with Crippen molar-refractivity contribution < 1.29 is 0 Å². The zero-order valence-electron chi connectivity index (χ0n) is 19.6. The maximum Gasteiger partial charge on any atom is 0.170 e. The number of piperazine rings is 1. The van der Waals surface area contributed by atoms with Crippen molar-refractivity contribution in [3.05, 3.63) is 64.9 Å². The van der Waals surface area contributed by atoms with Crippen LogP contribution in [0.3, 0.4) is 0 Å². The van der Waals surface area contributed by atoms with Gasteiger partial charge in [0.25, 0.3) is 0 Å². The predicted octanol–water partition coefficient (Wildman–Crippen LogP) is 6.24. The van der Waals surface area contributed by atoms with Crippen LogP contribution in [0.25, 0.3) is 28.2 Å². The monoisotopic (exact) mass is 506 g/mol. The third kappa shape index (κ3) is 4.39. The summed E-state index contributed by atoms with van der Waals surface area (Å²) in [6.45, 7) is 4.01. The highest BCUT2D eigenvalue weighted by molar-refractivity contribution is 6.33. The maximum absolute atomic E-state index is 6.62. The van der Waals surface area contributed by atoms with Crippen LogP contribution in [-0.4, -0.2) is 56.6 Å². The summed E-state index contributed by atoms with van der Waals surface area (Å²) in [7, 11) is 0. The van der Waals surface area contributed by atoms with Gasteiger partial charge >= 0.3 is 0 Å². The molecule has 1 aliphatic carbocycles. The molecule has 2 aliphatic rings. The van der Waals surface area contributed by atoms with E-state index in [2.05, 4.69) is 19.4 Å². The number of imidazole rings is 1. The standard InChI is InChI=1S/C27H28Cl2N6/c28-19-10-12-21(13-11-19)35-25(22-8-4-5-9-23(22)29)32-24-26(30-18-31-27(24)35)34-16-14-33(15-17-34)20-6-2-1-3-7-20/h4-5,8-13,18,20H,1-3,6-7,14-17H2. The number of nitrogens with zero attached hydrogens (tertiary/aromatic N) is 6. The number of anilines is 1. The van der Waals surface area contributed by atoms with Crippen LogP contribution in [0.5, 0.6) is 0 Å². The van der Waals surface area contributed by atoms with E-state index in [4.69, 9.17) is 33.2 Å². The average Bonchev–Trinajstić information content (AvgIpc) is 3.29. The van der Waals surface area contributed by atoms with Gasteiger partial charge in [0, 0.05) is 48.5 Å². The number of hydrogen-bond donors (Lipinski definition) is 0. The first-order valence-electron chi connectivity index (χ1n) is 12.4. The summed E-state index contributed by atoms with van der Waals surface area (Å²) in [6.07, 6.45) is 8.44. The van der Waals surface area contributed by atoms with Crippen LogP contribution in [0.1, 0.15) is 32.1 Å². The predicted molar refractivity (Wildman–Crippen MR) is 143 cm³/mol. The molecule has 2 aromatic carbocycles. The summed E-state index contributed by atoms with van der Waals surface area (Å²) < 4.78 is 2.05. The third-order valence-electron chi connectivity index (χ3n) is 7.33. The van der Waals surface area contributed by atoms with Crippen molar-refractivity contribution in [3.8, 4) is 17.1 Å². The molecule has 180 valence electrons. The molecule has 0 spiro atoms. The fourth-order valence-corrected chi connectivity index (χ4v) is 5.86. The molecule has 0 unspecified atom stereocenters. The van der Waals surface area contributed by atoms with Gasteiger partial charge in [-0.15, -0.1) is 0 Å². The van der Waals surface area contributed by atoms with Crippen LogP contribution < -0.4 is 4.90 Å². The number of fused-ring (bicyclic) bond motifs is 1. The second-order valence-electron chi connectivity index (χ2n) is 9.41. The quantitative estimate of drug-likeness (QED) is 0.327. The molecule has 4 aromatic rings. The van der Waals surface area contributed by atoms with Crippen molar-refractivity contribution >= 4 is 40.2 Å². The van der Waals surface area contributed by atoms with Gasteiger partial charge in [-0.25, -0.2) is 15.0 Å². The van der Waals surface area contributed by atoms with Crippen molar-refractivity contribution in [3.63, 3.8) is 0 Å². The van der Waals surface area contributed by atoms with Gasteiger partial charge in [-0.3, -0.25) is 9.47 Å². The summed E-state index contributed by atoms with van der Waals surface area (Å²) in [5.74, 6) is 1.63. The van der Waals surface area contributed by atoms with Crippen LogP contribution in [0.15, 0.2) is 54.9 Å². The van der Waals surface area contributed by atoms with Gasteiger partial charge < -0.3 is 4.90 Å². The molecular formula is C27H28Cl2N6. The SMILES string of the molecule is Clc1ccc(-n2c(-c3ccccc3Cl)nc3c(N4CCN(C5CCCCC5)CC4)ncnc32)cc1. The molecular weight excluding hydrogens is 479 g/mol. The number of benzene rings is 2. The highest BCUT2D eigenvalue weighted by atomic mass is 35.5. The molecule has 0 bridgehead atoms. The largest absolute Gasteiger partial charge is 0.352 e. The first-order chi connectivity index (χ1) is 17.2. The summed E-state index contributed by atoms with van der Waals surface area (Å²) in [4.78, 5) is 19.5. The minimum Gasteiger partial charge on any atom is -0.352 e. The number of aromatic nitrogens is 4. The van der Waals surface area contributed by atoms with Crippen molar-refractivity contribution in [1.29, 1.82) is 0 Å². The minimum atomic E-state index is 0.647. The molecule has 35 heavy (non-hydrogen) atoms. The fourth-order valence-electron chi connectivity index (χ4n) is 5.51. The van der Waals surface area contributed by atoms with Gasteiger partial charge in [-0.1, -0.05) is 54.6 Å². The molecule has 0 N–H and O–H groups in total. The van der Waals surface area contributed by atoms with Crippen LogP contribution >= 0.6 is 23.2 Å². The number of rotatable bonds is 4. The lowest BCUT2D eigenvalue weighted by molar-refractivity contribution is 0.148. The van der Waals surface area contributed by atoms with E-state index < -0.39 is 0 Å². The molecule has 6 nitrogen and oxygen atoms in total. The molecule has 0 amide bonds. The smallest absolute Gasteiger partial charge is 0.170 e. The highest BCUT2D eigenvalue weighted by Crippen LogP contribution is 2.35. The Morgan fingerprint density at radius 1 is 0.800 bits per heavy atom. The topological polar surface area (TPSA) is 50.1 Å². The lowest BCUT2D eigenvalue weighted by Gasteiger charge is -2.41. The Morgan fingerprint density at radius 2 is 1.54 bits per heavy atom. The first-order valence-corrected chi connectivity index (χ1v) is 13.2. The van der Waals surface area contributed by atoms with E-state index in [9.17, 15) is 0 Å². The molecule has 1 aliphatic heterocycles. The third-order valence-corrected chi connectivity index (χ3v) is 7.91. The Kier molecular flexibility index (Phi) is 6.35. The molecule has 1 saturated heterocycles. The Hall–Kier alpha value is -2.67. The first kappa shape index (κ1) is 22.8. The second-order valence-corrected chi connectivity index (χ2v) is 10.3. The van der Waals surface area contributed by atoms with Gasteiger partial charge in [0.15, 0.2) is 17.0 Å². The Morgan fingerprint density at radius 3 is 2.29 bits per heavy atom. The molecule has 1 saturated carbocycles. The van der Waals surface area contributed by atoms with Crippen LogP contribution in [0.4, 0.5) is 5.82 Å². The van der Waals surface area contributed by atoms with E-state index in [-0.39, 0.29) is 0 Å². The van der Waals surface area contributed by atoms with Crippen molar-refractivity contribution in [2.45, 2.75) is 38.1 Å². The Labute approximate surface area is 215 Å². The van der Waals surface area contributed by atoms with Crippen LogP contribution in [0, 0.1) is 0 Å². The molecule has 0 radical (unpaired) electrons.